The second kappa shape index (κ2) is 10.1. The molecule has 0 atom stereocenters. The smallest absolute Gasteiger partial charge is 0.254 e. The van der Waals surface area contributed by atoms with Gasteiger partial charge in [-0.2, -0.15) is 0 Å². The molecule has 0 N–H and O–H groups in total. The topological polar surface area (TPSA) is 72.3 Å². The summed E-state index contributed by atoms with van der Waals surface area (Å²) in [6, 6.07) is 26.6. The minimum absolute atomic E-state index is 0.0347. The van der Waals surface area contributed by atoms with Crippen LogP contribution in [0.2, 0.25) is 0 Å². The van der Waals surface area contributed by atoms with Crippen molar-refractivity contribution in [3.8, 4) is 0 Å². The molecule has 1 amide bonds. The van der Waals surface area contributed by atoms with Crippen molar-refractivity contribution in [1.29, 1.82) is 0 Å². The Bertz CT molecular complexity index is 1460. The molecule has 1 aliphatic rings. The van der Waals surface area contributed by atoms with Crippen molar-refractivity contribution in [3.05, 3.63) is 119 Å². The van der Waals surface area contributed by atoms with Crippen LogP contribution in [0, 0.1) is 6.92 Å². The summed E-state index contributed by atoms with van der Waals surface area (Å²) in [6.45, 7) is 2.57. The molecule has 5 rings (SSSR count). The highest BCUT2D eigenvalue weighted by Crippen LogP contribution is 2.31. The third kappa shape index (κ3) is 5.26. The number of amides is 1. The lowest BCUT2D eigenvalue weighted by Crippen LogP contribution is -2.33. The first-order chi connectivity index (χ1) is 17.4. The minimum atomic E-state index is -3.73. The maximum absolute atomic E-state index is 13.6. The number of benzene rings is 3. The van der Waals surface area contributed by atoms with Gasteiger partial charge in [0.05, 0.1) is 30.7 Å². The van der Waals surface area contributed by atoms with Gasteiger partial charge in [0, 0.05) is 11.6 Å². The van der Waals surface area contributed by atoms with Crippen molar-refractivity contribution in [2.75, 3.05) is 0 Å². The van der Waals surface area contributed by atoms with E-state index in [1.165, 1.54) is 0 Å². The highest BCUT2D eigenvalue weighted by atomic mass is 32.2. The Hall–Kier alpha value is -3.71. The molecule has 36 heavy (non-hydrogen) atoms. The zero-order valence-corrected chi connectivity index (χ0v) is 21.1. The predicted molar refractivity (Wildman–Crippen MR) is 139 cm³/mol. The van der Waals surface area contributed by atoms with Gasteiger partial charge in [-0.05, 0) is 48.6 Å². The Kier molecular flexibility index (Phi) is 6.74. The molecule has 0 saturated heterocycles. The van der Waals surface area contributed by atoms with Gasteiger partial charge in [0.2, 0.25) is 15.0 Å². The van der Waals surface area contributed by atoms with Crippen molar-refractivity contribution in [2.24, 2.45) is 0 Å². The summed E-state index contributed by atoms with van der Waals surface area (Å²) in [5.74, 6) is -0.171. The van der Waals surface area contributed by atoms with E-state index < -0.39 is 9.84 Å². The first kappa shape index (κ1) is 24.0. The van der Waals surface area contributed by atoms with Gasteiger partial charge in [-0.3, -0.25) is 4.79 Å². The number of aryl methyl sites for hydroxylation is 1. The molecular weight excluding hydrogens is 470 g/mol. The molecule has 0 spiro atoms. The van der Waals surface area contributed by atoms with Crippen molar-refractivity contribution in [3.63, 3.8) is 0 Å². The zero-order valence-electron chi connectivity index (χ0n) is 20.2. The number of nitrogens with zero attached hydrogens (tertiary/aromatic N) is 3. The molecule has 1 heterocycles. The Morgan fingerprint density at radius 1 is 0.944 bits per heavy atom. The molecule has 0 unspecified atom stereocenters. The van der Waals surface area contributed by atoms with Gasteiger partial charge in [-0.1, -0.05) is 72.8 Å². The molecule has 0 bridgehead atoms. The van der Waals surface area contributed by atoms with E-state index in [1.807, 2.05) is 96.8 Å². The van der Waals surface area contributed by atoms with Crippen LogP contribution in [-0.2, 0) is 28.7 Å². The summed E-state index contributed by atoms with van der Waals surface area (Å²) >= 11 is 0. The Labute approximate surface area is 212 Å². The lowest BCUT2D eigenvalue weighted by atomic mass is 10.1. The Balaban J connectivity index is 1.51. The monoisotopic (exact) mass is 499 g/mol. The zero-order chi connectivity index (χ0) is 25.1. The molecule has 6 nitrogen and oxygen atoms in total. The third-order valence-electron chi connectivity index (χ3n) is 6.57. The first-order valence-electron chi connectivity index (χ1n) is 12.1. The number of carbonyl (C=O) groups is 1. The van der Waals surface area contributed by atoms with Crippen LogP contribution in [0.15, 0.2) is 96.3 Å². The average molecular weight is 500 g/mol. The van der Waals surface area contributed by atoms with E-state index in [1.54, 1.807) is 10.8 Å². The van der Waals surface area contributed by atoms with Gasteiger partial charge in [0.1, 0.15) is 0 Å². The number of imidazole rings is 1. The van der Waals surface area contributed by atoms with Crippen molar-refractivity contribution in [2.45, 2.75) is 49.8 Å². The molecule has 7 heteroatoms. The van der Waals surface area contributed by atoms with Gasteiger partial charge in [-0.15, -0.1) is 0 Å². The highest BCUT2D eigenvalue weighted by Gasteiger charge is 2.34. The second-order valence-electron chi connectivity index (χ2n) is 9.32. The lowest BCUT2D eigenvalue weighted by Gasteiger charge is -2.23. The molecule has 184 valence electrons. The van der Waals surface area contributed by atoms with E-state index in [2.05, 4.69) is 4.98 Å². The lowest BCUT2D eigenvalue weighted by molar-refractivity contribution is 0.0725. The quantitative estimate of drug-likeness (QED) is 0.324. The van der Waals surface area contributed by atoms with Gasteiger partial charge >= 0.3 is 0 Å². The standard InChI is InChI=1S/C29H29N3O3S/c1-22-10-8-9-15-25(22)21-36(34,35)29-30-18-27(32(29)19-23-11-4-2-5-12-23)20-31(26-16-17-26)28(33)24-13-6-3-7-14-24/h2-15,18,26H,16-17,19-21H2,1H3. The van der Waals surface area contributed by atoms with Crippen LogP contribution in [0.1, 0.15) is 45.6 Å². The van der Waals surface area contributed by atoms with E-state index in [4.69, 9.17) is 0 Å². The van der Waals surface area contributed by atoms with Crippen LogP contribution >= 0.6 is 0 Å². The van der Waals surface area contributed by atoms with Crippen LogP contribution in [0.3, 0.4) is 0 Å². The molecule has 0 radical (unpaired) electrons. The fourth-order valence-electron chi connectivity index (χ4n) is 4.42. The Morgan fingerprint density at radius 2 is 1.58 bits per heavy atom. The highest BCUT2D eigenvalue weighted by molar-refractivity contribution is 7.90. The molecule has 1 fully saturated rings. The average Bonchev–Trinajstić information content (AvgIpc) is 3.65. The summed E-state index contributed by atoms with van der Waals surface area (Å²) in [5.41, 5.74) is 3.99. The van der Waals surface area contributed by atoms with Crippen LogP contribution in [0.4, 0.5) is 0 Å². The molecule has 4 aromatic rings. The molecule has 1 saturated carbocycles. The fraction of sp³-hybridized carbons (Fsp3) is 0.241. The normalized spacial score (nSPS) is 13.5. The summed E-state index contributed by atoms with van der Waals surface area (Å²) in [6.07, 6.45) is 3.51. The SMILES string of the molecule is Cc1ccccc1CS(=O)(=O)c1ncc(CN(C(=O)c2ccccc2)C2CC2)n1Cc1ccccc1. The number of rotatable bonds is 9. The number of aromatic nitrogens is 2. The number of hydrogen-bond acceptors (Lipinski definition) is 4. The Morgan fingerprint density at radius 3 is 2.25 bits per heavy atom. The van der Waals surface area contributed by atoms with Crippen molar-refractivity contribution < 1.29 is 13.2 Å². The molecule has 3 aromatic carbocycles. The predicted octanol–water partition coefficient (Wildman–Crippen LogP) is 5.02. The van der Waals surface area contributed by atoms with E-state index in [9.17, 15) is 13.2 Å². The molecular formula is C29H29N3O3S. The first-order valence-corrected chi connectivity index (χ1v) is 13.8. The summed E-state index contributed by atoms with van der Waals surface area (Å²) in [7, 11) is -3.73. The van der Waals surface area contributed by atoms with Crippen LogP contribution < -0.4 is 0 Å². The summed E-state index contributed by atoms with van der Waals surface area (Å²) < 4.78 is 29.0. The van der Waals surface area contributed by atoms with Gasteiger partial charge in [0.25, 0.3) is 5.91 Å². The van der Waals surface area contributed by atoms with E-state index >= 15 is 0 Å². The van der Waals surface area contributed by atoms with Crippen LogP contribution in [0.25, 0.3) is 0 Å². The van der Waals surface area contributed by atoms with E-state index in [0.29, 0.717) is 24.3 Å². The minimum Gasteiger partial charge on any atom is -0.330 e. The van der Waals surface area contributed by atoms with Gasteiger partial charge < -0.3 is 9.47 Å². The number of carbonyl (C=O) groups excluding carboxylic acids is 1. The largest absolute Gasteiger partial charge is 0.330 e. The second-order valence-corrected chi connectivity index (χ2v) is 11.2. The maximum atomic E-state index is 13.6. The van der Waals surface area contributed by atoms with Crippen molar-refractivity contribution >= 4 is 15.7 Å². The van der Waals surface area contributed by atoms with E-state index in [-0.39, 0.29) is 22.9 Å². The van der Waals surface area contributed by atoms with Gasteiger partial charge in [0.15, 0.2) is 0 Å². The maximum Gasteiger partial charge on any atom is 0.254 e. The summed E-state index contributed by atoms with van der Waals surface area (Å²) in [4.78, 5) is 19.6. The van der Waals surface area contributed by atoms with E-state index in [0.717, 1.165) is 29.5 Å². The van der Waals surface area contributed by atoms with Crippen LogP contribution in [0.5, 0.6) is 0 Å². The molecule has 1 aromatic heterocycles. The number of hydrogen-bond donors (Lipinski definition) is 0. The third-order valence-corrected chi connectivity index (χ3v) is 8.14. The van der Waals surface area contributed by atoms with Crippen molar-refractivity contribution in [1.82, 2.24) is 14.5 Å². The molecule has 1 aliphatic carbocycles. The van der Waals surface area contributed by atoms with Crippen LogP contribution in [-0.4, -0.2) is 34.8 Å². The molecule has 0 aliphatic heterocycles. The fourth-order valence-corrected chi connectivity index (χ4v) is 6.01. The number of sulfone groups is 1. The summed E-state index contributed by atoms with van der Waals surface area (Å²) in [5, 5.41) is 0.0347. The van der Waals surface area contributed by atoms with Gasteiger partial charge in [-0.25, -0.2) is 13.4 Å².